The van der Waals surface area contributed by atoms with Crippen LogP contribution in [0, 0.1) is 0 Å². The summed E-state index contributed by atoms with van der Waals surface area (Å²) >= 11 is 6.28. The molecular weight excluding hydrogens is 312 g/mol. The summed E-state index contributed by atoms with van der Waals surface area (Å²) < 4.78 is 0. The molecule has 1 aliphatic heterocycles. The van der Waals surface area contributed by atoms with Crippen LogP contribution in [0.4, 0.5) is 0 Å². The molecule has 116 valence electrons. The lowest BCUT2D eigenvalue weighted by Gasteiger charge is -2.32. The molecule has 0 spiro atoms. The van der Waals surface area contributed by atoms with Crippen molar-refractivity contribution in [2.24, 2.45) is 0 Å². The average Bonchev–Trinajstić information content (AvgIpc) is 2.56. The SMILES string of the molecule is CC1(c2ccncc2)C=C(c2ccccc2Cl)C(C(=O)O)=CN1. The summed E-state index contributed by atoms with van der Waals surface area (Å²) in [5, 5.41) is 13.2. The Balaban J connectivity index is 2.16. The first-order chi connectivity index (χ1) is 11.0. The molecule has 1 aromatic heterocycles. The quantitative estimate of drug-likeness (QED) is 0.904. The Bertz CT molecular complexity index is 815. The largest absolute Gasteiger partial charge is 0.478 e. The number of carboxylic acids is 1. The molecule has 0 saturated heterocycles. The van der Waals surface area contributed by atoms with Gasteiger partial charge in [0.25, 0.3) is 0 Å². The minimum Gasteiger partial charge on any atom is -0.478 e. The van der Waals surface area contributed by atoms with Gasteiger partial charge >= 0.3 is 5.97 Å². The zero-order valence-electron chi connectivity index (χ0n) is 12.5. The lowest BCUT2D eigenvalue weighted by Crippen LogP contribution is -2.37. The minimum absolute atomic E-state index is 0.185. The molecule has 0 aliphatic carbocycles. The van der Waals surface area contributed by atoms with Gasteiger partial charge in [-0.05, 0) is 42.3 Å². The van der Waals surface area contributed by atoms with Gasteiger partial charge < -0.3 is 10.4 Å². The van der Waals surface area contributed by atoms with Crippen LogP contribution in [0.2, 0.25) is 5.02 Å². The fraction of sp³-hybridized carbons (Fsp3) is 0.111. The molecule has 1 aliphatic rings. The van der Waals surface area contributed by atoms with Crippen LogP contribution in [0.15, 0.2) is 66.6 Å². The number of aromatic nitrogens is 1. The molecule has 2 heterocycles. The molecular formula is C18H15ClN2O2. The van der Waals surface area contributed by atoms with Crippen molar-refractivity contribution in [1.29, 1.82) is 0 Å². The Hall–Kier alpha value is -2.59. The number of rotatable bonds is 3. The molecule has 4 nitrogen and oxygen atoms in total. The standard InChI is InChI=1S/C18H15ClN2O2/c1-18(12-6-8-20-9-7-12)10-14(15(11-21-18)17(22)23)13-4-2-3-5-16(13)19/h2-11,21H,1H3,(H,22,23). The second-order valence-electron chi connectivity index (χ2n) is 5.48. The summed E-state index contributed by atoms with van der Waals surface area (Å²) in [6.45, 7) is 1.98. The number of hydrogen-bond donors (Lipinski definition) is 2. The smallest absolute Gasteiger partial charge is 0.337 e. The van der Waals surface area contributed by atoms with E-state index in [4.69, 9.17) is 11.6 Å². The Morgan fingerprint density at radius 3 is 2.57 bits per heavy atom. The number of hydrogen-bond acceptors (Lipinski definition) is 3. The van der Waals surface area contributed by atoms with Crippen molar-refractivity contribution in [3.05, 3.63) is 82.8 Å². The van der Waals surface area contributed by atoms with Gasteiger partial charge in [0, 0.05) is 29.2 Å². The number of dihydropyridines is 1. The van der Waals surface area contributed by atoms with Crippen LogP contribution < -0.4 is 5.32 Å². The highest BCUT2D eigenvalue weighted by Gasteiger charge is 2.31. The van der Waals surface area contributed by atoms with Crippen LogP contribution >= 0.6 is 11.6 Å². The van der Waals surface area contributed by atoms with Crippen molar-refractivity contribution in [2.45, 2.75) is 12.5 Å². The molecule has 3 rings (SSSR count). The van der Waals surface area contributed by atoms with Gasteiger partial charge in [-0.1, -0.05) is 29.8 Å². The topological polar surface area (TPSA) is 62.2 Å². The lowest BCUT2D eigenvalue weighted by atomic mass is 9.84. The van der Waals surface area contributed by atoms with E-state index in [1.54, 1.807) is 18.5 Å². The highest BCUT2D eigenvalue weighted by molar-refractivity contribution is 6.33. The van der Waals surface area contributed by atoms with Crippen LogP contribution in [0.3, 0.4) is 0 Å². The van der Waals surface area contributed by atoms with Crippen molar-refractivity contribution in [3.63, 3.8) is 0 Å². The van der Waals surface area contributed by atoms with Crippen LogP contribution in [-0.2, 0) is 10.3 Å². The number of aliphatic carboxylic acids is 1. The minimum atomic E-state index is -1.000. The first-order valence-electron chi connectivity index (χ1n) is 7.11. The average molecular weight is 327 g/mol. The summed E-state index contributed by atoms with van der Waals surface area (Å²) in [4.78, 5) is 15.6. The summed E-state index contributed by atoms with van der Waals surface area (Å²) in [6, 6.07) is 11.0. The molecule has 0 amide bonds. The highest BCUT2D eigenvalue weighted by atomic mass is 35.5. The number of pyridine rings is 1. The Morgan fingerprint density at radius 2 is 1.91 bits per heavy atom. The van der Waals surface area contributed by atoms with Gasteiger partial charge in [0.1, 0.15) is 0 Å². The first kappa shape index (κ1) is 15.3. The fourth-order valence-corrected chi connectivity index (χ4v) is 2.89. The van der Waals surface area contributed by atoms with Crippen LogP contribution in [0.25, 0.3) is 5.57 Å². The molecule has 1 unspecified atom stereocenters. The van der Waals surface area contributed by atoms with Crippen LogP contribution in [0.5, 0.6) is 0 Å². The predicted octanol–water partition coefficient (Wildman–Crippen LogP) is 3.61. The molecule has 23 heavy (non-hydrogen) atoms. The van der Waals surface area contributed by atoms with Gasteiger partial charge in [0.15, 0.2) is 0 Å². The first-order valence-corrected chi connectivity index (χ1v) is 7.49. The van der Waals surface area contributed by atoms with Gasteiger partial charge in [-0.2, -0.15) is 0 Å². The molecule has 5 heteroatoms. The zero-order chi connectivity index (χ0) is 16.4. The van der Waals surface area contributed by atoms with Gasteiger partial charge in [0.05, 0.1) is 11.1 Å². The summed E-state index contributed by atoms with van der Waals surface area (Å²) in [6.07, 6.45) is 6.85. The Labute approximate surface area is 139 Å². The second-order valence-corrected chi connectivity index (χ2v) is 5.89. The normalized spacial score (nSPS) is 20.3. The highest BCUT2D eigenvalue weighted by Crippen LogP contribution is 2.37. The maximum absolute atomic E-state index is 11.6. The van der Waals surface area contributed by atoms with E-state index in [1.165, 1.54) is 6.20 Å². The third-order valence-corrected chi connectivity index (χ3v) is 4.24. The number of carbonyl (C=O) groups is 1. The van der Waals surface area contributed by atoms with Crippen molar-refractivity contribution in [3.8, 4) is 0 Å². The van der Waals surface area contributed by atoms with E-state index < -0.39 is 11.5 Å². The second kappa shape index (κ2) is 5.89. The third kappa shape index (κ3) is 2.85. The summed E-state index contributed by atoms with van der Waals surface area (Å²) in [7, 11) is 0. The Morgan fingerprint density at radius 1 is 1.22 bits per heavy atom. The van der Waals surface area contributed by atoms with Crippen molar-refractivity contribution < 1.29 is 9.90 Å². The summed E-state index contributed by atoms with van der Waals surface area (Å²) in [5.41, 5.74) is 1.92. The molecule has 0 radical (unpaired) electrons. The van der Waals surface area contributed by atoms with Gasteiger partial charge in [-0.15, -0.1) is 0 Å². The monoisotopic (exact) mass is 326 g/mol. The number of nitrogens with zero attached hydrogens (tertiary/aromatic N) is 1. The maximum Gasteiger partial charge on any atom is 0.337 e. The molecule has 1 atom stereocenters. The number of halogens is 1. The molecule has 0 bridgehead atoms. The number of benzene rings is 1. The van der Waals surface area contributed by atoms with Gasteiger partial charge in [-0.25, -0.2) is 4.79 Å². The summed E-state index contributed by atoms with van der Waals surface area (Å²) in [5.74, 6) is -1.000. The fourth-order valence-electron chi connectivity index (χ4n) is 2.65. The van der Waals surface area contributed by atoms with Crippen LogP contribution in [-0.4, -0.2) is 16.1 Å². The Kier molecular flexibility index (Phi) is 3.92. The third-order valence-electron chi connectivity index (χ3n) is 3.91. The number of nitrogens with one attached hydrogen (secondary N) is 1. The van der Waals surface area contributed by atoms with E-state index in [0.717, 1.165) is 5.56 Å². The van der Waals surface area contributed by atoms with E-state index in [1.807, 2.05) is 43.3 Å². The van der Waals surface area contributed by atoms with E-state index in [0.29, 0.717) is 16.2 Å². The zero-order valence-corrected chi connectivity index (χ0v) is 13.2. The molecule has 0 fully saturated rings. The molecule has 2 N–H and O–H groups in total. The van der Waals surface area contributed by atoms with Gasteiger partial charge in [-0.3, -0.25) is 4.98 Å². The van der Waals surface area contributed by atoms with Crippen LogP contribution in [0.1, 0.15) is 18.1 Å². The van der Waals surface area contributed by atoms with E-state index in [2.05, 4.69) is 10.3 Å². The van der Waals surface area contributed by atoms with E-state index >= 15 is 0 Å². The maximum atomic E-state index is 11.6. The predicted molar refractivity (Wildman–Crippen MR) is 89.9 cm³/mol. The van der Waals surface area contributed by atoms with Crippen molar-refractivity contribution in [2.75, 3.05) is 0 Å². The van der Waals surface area contributed by atoms with Gasteiger partial charge in [0.2, 0.25) is 0 Å². The number of carboxylic acid groups (broad SMARTS) is 1. The molecule has 2 aromatic rings. The lowest BCUT2D eigenvalue weighted by molar-refractivity contribution is -0.132. The molecule has 1 aromatic carbocycles. The van der Waals surface area contributed by atoms with E-state index in [9.17, 15) is 9.90 Å². The van der Waals surface area contributed by atoms with Crippen molar-refractivity contribution >= 4 is 23.1 Å². The molecule has 0 saturated carbocycles. The van der Waals surface area contributed by atoms with Crippen molar-refractivity contribution in [1.82, 2.24) is 10.3 Å². The van der Waals surface area contributed by atoms with E-state index in [-0.39, 0.29) is 5.57 Å².